The molecule has 1 heterocycles. The molecule has 116 valence electrons. The lowest BCUT2D eigenvalue weighted by molar-refractivity contribution is -0.143. The monoisotopic (exact) mass is 297 g/mol. The van der Waals surface area contributed by atoms with Crippen LogP contribution in [0.1, 0.15) is 37.7 Å². The fraction of sp³-hybridized carbons (Fsp3) is 0.421. The molecule has 1 aliphatic heterocycles. The third-order valence-electron chi connectivity index (χ3n) is 4.91. The van der Waals surface area contributed by atoms with Gasteiger partial charge in [-0.2, -0.15) is 0 Å². The van der Waals surface area contributed by atoms with Crippen LogP contribution in [0.4, 0.5) is 0 Å². The van der Waals surface area contributed by atoms with Crippen molar-refractivity contribution in [1.29, 1.82) is 0 Å². The van der Waals surface area contributed by atoms with E-state index in [9.17, 15) is 9.90 Å². The molecule has 1 atom stereocenters. The van der Waals surface area contributed by atoms with E-state index in [0.717, 1.165) is 25.9 Å². The van der Waals surface area contributed by atoms with Crippen LogP contribution in [0.3, 0.4) is 0 Å². The van der Waals surface area contributed by atoms with E-state index in [0.29, 0.717) is 12.3 Å². The maximum absolute atomic E-state index is 11.3. The molecule has 1 N–H and O–H groups in total. The number of carboxylic acids is 1. The summed E-state index contributed by atoms with van der Waals surface area (Å²) in [5.41, 5.74) is 1.42. The topological polar surface area (TPSA) is 40.5 Å². The lowest BCUT2D eigenvalue weighted by Gasteiger charge is -2.35. The summed E-state index contributed by atoms with van der Waals surface area (Å²) in [5.74, 6) is -0.153. The van der Waals surface area contributed by atoms with E-state index >= 15 is 0 Å². The first kappa shape index (κ1) is 15.0. The molecule has 1 unspecified atom stereocenters. The number of hydrogen-bond acceptors (Lipinski definition) is 2. The van der Waals surface area contributed by atoms with Gasteiger partial charge in [0.15, 0.2) is 0 Å². The fourth-order valence-electron chi connectivity index (χ4n) is 3.72. The Bertz CT molecular complexity index is 654. The van der Waals surface area contributed by atoms with Gasteiger partial charge in [0.2, 0.25) is 0 Å². The second kappa shape index (κ2) is 6.49. The average Bonchev–Trinajstić information content (AvgIpc) is 2.55. The summed E-state index contributed by atoms with van der Waals surface area (Å²) < 4.78 is 0. The Morgan fingerprint density at radius 1 is 1.18 bits per heavy atom. The number of benzene rings is 2. The Morgan fingerprint density at radius 2 is 1.86 bits per heavy atom. The van der Waals surface area contributed by atoms with Crippen LogP contribution >= 0.6 is 0 Å². The quantitative estimate of drug-likeness (QED) is 0.931. The number of carboxylic acid groups (broad SMARTS) is 1. The molecule has 0 aromatic heterocycles. The molecule has 1 aliphatic rings. The van der Waals surface area contributed by atoms with Crippen LogP contribution in [0, 0.1) is 0 Å². The van der Waals surface area contributed by atoms with Crippen LogP contribution in [-0.2, 0) is 4.79 Å². The van der Waals surface area contributed by atoms with E-state index in [1.165, 1.54) is 16.3 Å². The molecule has 0 spiro atoms. The summed E-state index contributed by atoms with van der Waals surface area (Å²) in [6.45, 7) is 3.70. The van der Waals surface area contributed by atoms with Crippen LogP contribution in [0.15, 0.2) is 42.5 Å². The highest BCUT2D eigenvalue weighted by Crippen LogP contribution is 2.33. The molecule has 0 radical (unpaired) electrons. The summed E-state index contributed by atoms with van der Waals surface area (Å²) in [6.07, 6.45) is 2.75. The van der Waals surface area contributed by atoms with Gasteiger partial charge in [-0.3, -0.25) is 9.69 Å². The Morgan fingerprint density at radius 3 is 2.55 bits per heavy atom. The Kier molecular flexibility index (Phi) is 4.44. The van der Waals surface area contributed by atoms with Crippen LogP contribution in [0.2, 0.25) is 0 Å². The van der Waals surface area contributed by atoms with Crippen molar-refractivity contribution >= 4 is 16.7 Å². The average molecular weight is 297 g/mol. The molecule has 3 heteroatoms. The Balaban J connectivity index is 1.77. The predicted molar refractivity (Wildman–Crippen MR) is 89.2 cm³/mol. The lowest BCUT2D eigenvalue weighted by Crippen LogP contribution is -2.45. The first-order chi connectivity index (χ1) is 10.7. The van der Waals surface area contributed by atoms with Gasteiger partial charge in [0.05, 0.1) is 0 Å². The molecular formula is C19H23NO2. The molecule has 3 nitrogen and oxygen atoms in total. The van der Waals surface area contributed by atoms with Crippen molar-refractivity contribution in [1.82, 2.24) is 4.90 Å². The van der Waals surface area contributed by atoms with Gasteiger partial charge in [0.1, 0.15) is 6.04 Å². The zero-order chi connectivity index (χ0) is 15.5. The molecule has 3 rings (SSSR count). The number of fused-ring (bicyclic) bond motifs is 1. The van der Waals surface area contributed by atoms with Crippen molar-refractivity contribution in [2.45, 2.75) is 38.1 Å². The standard InChI is InChI=1S/C19H23NO2/c1-2-18(19(21)22)20-12-10-15(11-13-20)17-9-5-7-14-6-3-4-8-16(14)17/h3-9,15,18H,2,10-13H2,1H3,(H,21,22). The number of nitrogens with zero attached hydrogens (tertiary/aromatic N) is 1. The summed E-state index contributed by atoms with van der Waals surface area (Å²) in [4.78, 5) is 13.4. The van der Waals surface area contributed by atoms with Crippen molar-refractivity contribution in [2.24, 2.45) is 0 Å². The van der Waals surface area contributed by atoms with E-state index in [-0.39, 0.29) is 6.04 Å². The first-order valence-electron chi connectivity index (χ1n) is 8.15. The molecule has 2 aromatic rings. The lowest BCUT2D eigenvalue weighted by atomic mass is 9.86. The van der Waals surface area contributed by atoms with Gasteiger partial charge < -0.3 is 5.11 Å². The zero-order valence-electron chi connectivity index (χ0n) is 13.0. The number of carbonyl (C=O) groups is 1. The zero-order valence-corrected chi connectivity index (χ0v) is 13.0. The predicted octanol–water partition coefficient (Wildman–Crippen LogP) is 3.88. The van der Waals surface area contributed by atoms with Crippen LogP contribution in [0.5, 0.6) is 0 Å². The van der Waals surface area contributed by atoms with Crippen molar-refractivity contribution in [3.8, 4) is 0 Å². The van der Waals surface area contributed by atoms with Crippen molar-refractivity contribution in [3.63, 3.8) is 0 Å². The second-order valence-corrected chi connectivity index (χ2v) is 6.14. The third kappa shape index (κ3) is 2.86. The highest BCUT2D eigenvalue weighted by molar-refractivity contribution is 5.86. The maximum atomic E-state index is 11.3. The number of rotatable bonds is 4. The third-order valence-corrected chi connectivity index (χ3v) is 4.91. The van der Waals surface area contributed by atoms with E-state index < -0.39 is 5.97 Å². The first-order valence-corrected chi connectivity index (χ1v) is 8.15. The number of hydrogen-bond donors (Lipinski definition) is 1. The minimum atomic E-state index is -0.689. The van der Waals surface area contributed by atoms with Crippen molar-refractivity contribution in [2.75, 3.05) is 13.1 Å². The summed E-state index contributed by atoms with van der Waals surface area (Å²) in [6, 6.07) is 14.7. The molecule has 2 aromatic carbocycles. The van der Waals surface area contributed by atoms with Gasteiger partial charge in [0, 0.05) is 0 Å². The summed E-state index contributed by atoms with van der Waals surface area (Å²) in [5, 5.41) is 11.9. The van der Waals surface area contributed by atoms with Gasteiger partial charge in [-0.05, 0) is 54.6 Å². The Hall–Kier alpha value is -1.87. The highest BCUT2D eigenvalue weighted by Gasteiger charge is 2.29. The molecule has 0 amide bonds. The molecular weight excluding hydrogens is 274 g/mol. The van der Waals surface area contributed by atoms with Gasteiger partial charge in [-0.25, -0.2) is 0 Å². The largest absolute Gasteiger partial charge is 0.480 e. The SMILES string of the molecule is CCC(C(=O)O)N1CCC(c2cccc3ccccc23)CC1. The highest BCUT2D eigenvalue weighted by atomic mass is 16.4. The molecule has 0 bridgehead atoms. The summed E-state index contributed by atoms with van der Waals surface area (Å²) >= 11 is 0. The molecule has 22 heavy (non-hydrogen) atoms. The van der Waals surface area contributed by atoms with Crippen molar-refractivity contribution in [3.05, 3.63) is 48.0 Å². The Labute approximate surface area is 131 Å². The van der Waals surface area contributed by atoms with Crippen molar-refractivity contribution < 1.29 is 9.90 Å². The minimum absolute atomic E-state index is 0.325. The van der Waals surface area contributed by atoms with Crippen LogP contribution in [-0.4, -0.2) is 35.1 Å². The van der Waals surface area contributed by atoms with Crippen LogP contribution in [0.25, 0.3) is 10.8 Å². The van der Waals surface area contributed by atoms with E-state index in [1.54, 1.807) is 0 Å². The van der Waals surface area contributed by atoms with E-state index in [2.05, 4.69) is 47.4 Å². The van der Waals surface area contributed by atoms with E-state index in [4.69, 9.17) is 0 Å². The normalized spacial score (nSPS) is 18.4. The van der Waals surface area contributed by atoms with Gasteiger partial charge in [-0.1, -0.05) is 49.4 Å². The minimum Gasteiger partial charge on any atom is -0.480 e. The number of piperidine rings is 1. The molecule has 0 saturated carbocycles. The van der Waals surface area contributed by atoms with Gasteiger partial charge in [-0.15, -0.1) is 0 Å². The second-order valence-electron chi connectivity index (χ2n) is 6.14. The molecule has 1 fully saturated rings. The smallest absolute Gasteiger partial charge is 0.320 e. The van der Waals surface area contributed by atoms with Crippen LogP contribution < -0.4 is 0 Å². The van der Waals surface area contributed by atoms with Gasteiger partial charge in [0.25, 0.3) is 0 Å². The number of likely N-dealkylation sites (tertiary alicyclic amines) is 1. The van der Waals surface area contributed by atoms with E-state index in [1.807, 2.05) is 6.92 Å². The molecule has 1 saturated heterocycles. The maximum Gasteiger partial charge on any atom is 0.320 e. The fourth-order valence-corrected chi connectivity index (χ4v) is 3.72. The van der Waals surface area contributed by atoms with Gasteiger partial charge >= 0.3 is 5.97 Å². The number of aliphatic carboxylic acids is 1. The summed E-state index contributed by atoms with van der Waals surface area (Å²) in [7, 11) is 0. The molecule has 0 aliphatic carbocycles.